The quantitative estimate of drug-likeness (QED) is 0.252. The molecule has 4 rings (SSSR count). The third-order valence-corrected chi connectivity index (χ3v) is 5.38. The van der Waals surface area contributed by atoms with Crippen LogP contribution in [0.25, 0.3) is 22.7 Å². The highest BCUT2D eigenvalue weighted by atomic mass is 35.5. The van der Waals surface area contributed by atoms with Gasteiger partial charge in [-0.1, -0.05) is 23.7 Å². The molecule has 0 aliphatic rings. The summed E-state index contributed by atoms with van der Waals surface area (Å²) in [6, 6.07) is 15.1. The summed E-state index contributed by atoms with van der Waals surface area (Å²) < 4.78 is 40.4. The zero-order valence-corrected chi connectivity index (χ0v) is 19.5. The van der Waals surface area contributed by atoms with E-state index in [0.29, 0.717) is 22.3 Å². The van der Waals surface area contributed by atoms with Crippen LogP contribution in [-0.2, 0) is 11.0 Å². The molecular weight excluding hydrogens is 502 g/mol. The second-order valence-electron chi connectivity index (χ2n) is 7.25. The SMILES string of the molecule is Cc1nn(-c2cccc(C(F)(F)F)c2)c(Cl)c1/C=C(/C#N)C(=O)Nc1cccc2ncccc12.Cl. The van der Waals surface area contributed by atoms with Crippen LogP contribution in [0.2, 0.25) is 5.15 Å². The van der Waals surface area contributed by atoms with Crippen LogP contribution in [0.5, 0.6) is 0 Å². The van der Waals surface area contributed by atoms with Crippen LogP contribution in [0.15, 0.2) is 66.4 Å². The van der Waals surface area contributed by atoms with Crippen LogP contribution in [0.4, 0.5) is 18.9 Å². The van der Waals surface area contributed by atoms with Crippen molar-refractivity contribution < 1.29 is 18.0 Å². The van der Waals surface area contributed by atoms with Gasteiger partial charge in [-0.15, -0.1) is 12.4 Å². The average Bonchev–Trinajstić information content (AvgIpc) is 3.10. The summed E-state index contributed by atoms with van der Waals surface area (Å²) in [7, 11) is 0. The number of aryl methyl sites for hydroxylation is 1. The topological polar surface area (TPSA) is 83.6 Å². The number of carbonyl (C=O) groups excluding carboxylic acids is 1. The van der Waals surface area contributed by atoms with E-state index in [1.165, 1.54) is 18.2 Å². The molecular formula is C24H16Cl2F3N5O. The number of carbonyl (C=O) groups is 1. The Bertz CT molecular complexity index is 1480. The second kappa shape index (κ2) is 10.2. The van der Waals surface area contributed by atoms with Gasteiger partial charge in [-0.05, 0) is 55.5 Å². The van der Waals surface area contributed by atoms with Gasteiger partial charge < -0.3 is 5.32 Å². The van der Waals surface area contributed by atoms with Crippen LogP contribution in [0.3, 0.4) is 0 Å². The Balaban J connectivity index is 0.00000342. The minimum atomic E-state index is -4.53. The van der Waals surface area contributed by atoms with Crippen molar-refractivity contribution in [3.63, 3.8) is 0 Å². The zero-order valence-electron chi connectivity index (χ0n) is 18.0. The van der Waals surface area contributed by atoms with Crippen molar-refractivity contribution in [2.75, 3.05) is 5.32 Å². The van der Waals surface area contributed by atoms with Gasteiger partial charge in [0.2, 0.25) is 0 Å². The number of halogens is 5. The lowest BCUT2D eigenvalue weighted by Gasteiger charge is -2.09. The molecule has 6 nitrogen and oxygen atoms in total. The predicted octanol–water partition coefficient (Wildman–Crippen LogP) is 6.37. The number of benzene rings is 2. The first kappa shape index (κ1) is 25.7. The summed E-state index contributed by atoms with van der Waals surface area (Å²) in [6.07, 6.45) is -1.65. The number of pyridine rings is 1. The molecule has 1 N–H and O–H groups in total. The van der Waals surface area contributed by atoms with Crippen molar-refractivity contribution in [2.45, 2.75) is 13.1 Å². The van der Waals surface area contributed by atoms with Gasteiger partial charge in [0, 0.05) is 17.1 Å². The van der Waals surface area contributed by atoms with E-state index in [1.807, 2.05) is 6.07 Å². The normalized spacial score (nSPS) is 11.6. The highest BCUT2D eigenvalue weighted by Gasteiger charge is 2.31. The van der Waals surface area contributed by atoms with E-state index >= 15 is 0 Å². The number of alkyl halides is 3. The number of rotatable bonds is 4. The Kier molecular flexibility index (Phi) is 7.48. The van der Waals surface area contributed by atoms with Crippen molar-refractivity contribution >= 4 is 52.6 Å². The first-order chi connectivity index (χ1) is 16.2. The standard InChI is InChI=1S/C24H15ClF3N5O.ClH/c1-14-19(22(25)33(32-14)17-6-2-5-16(12-17)24(26,27)28)11-15(13-29)23(34)31-21-9-3-8-20-18(21)7-4-10-30-20;/h2-12H,1H3,(H,31,34);1H/b15-11-;. The van der Waals surface area contributed by atoms with Gasteiger partial charge in [0.05, 0.1) is 28.1 Å². The summed E-state index contributed by atoms with van der Waals surface area (Å²) >= 11 is 6.40. The Hall–Kier alpha value is -3.87. The number of hydrogen-bond donors (Lipinski definition) is 1. The third-order valence-electron chi connectivity index (χ3n) is 5.01. The van der Waals surface area contributed by atoms with E-state index in [9.17, 15) is 23.2 Å². The number of fused-ring (bicyclic) bond motifs is 1. The number of anilines is 1. The lowest BCUT2D eigenvalue weighted by molar-refractivity contribution is -0.137. The summed E-state index contributed by atoms with van der Waals surface area (Å²) in [4.78, 5) is 17.1. The van der Waals surface area contributed by atoms with Crippen LogP contribution >= 0.6 is 24.0 Å². The van der Waals surface area contributed by atoms with Gasteiger partial charge in [0.15, 0.2) is 0 Å². The van der Waals surface area contributed by atoms with E-state index in [1.54, 1.807) is 43.5 Å². The molecule has 0 aliphatic heterocycles. The van der Waals surface area contributed by atoms with E-state index < -0.39 is 17.6 Å². The van der Waals surface area contributed by atoms with Crippen LogP contribution in [0, 0.1) is 18.3 Å². The summed E-state index contributed by atoms with van der Waals surface area (Å²) in [6.45, 7) is 1.57. The Morgan fingerprint density at radius 2 is 1.91 bits per heavy atom. The minimum Gasteiger partial charge on any atom is -0.321 e. The summed E-state index contributed by atoms with van der Waals surface area (Å²) in [5.41, 5.74) is 0.696. The van der Waals surface area contributed by atoms with Gasteiger partial charge in [-0.2, -0.15) is 23.5 Å². The molecule has 0 fully saturated rings. The number of hydrogen-bond acceptors (Lipinski definition) is 4. The first-order valence-corrected chi connectivity index (χ1v) is 10.3. The molecule has 178 valence electrons. The first-order valence-electron chi connectivity index (χ1n) is 9.88. The van der Waals surface area contributed by atoms with E-state index in [-0.39, 0.29) is 34.4 Å². The predicted molar refractivity (Wildman–Crippen MR) is 130 cm³/mol. The third kappa shape index (κ3) is 5.29. The molecule has 4 aromatic rings. The van der Waals surface area contributed by atoms with Crippen LogP contribution in [-0.4, -0.2) is 20.7 Å². The lowest BCUT2D eigenvalue weighted by Crippen LogP contribution is -2.13. The maximum Gasteiger partial charge on any atom is 0.416 e. The van der Waals surface area contributed by atoms with Gasteiger partial charge in [-0.25, -0.2) is 4.68 Å². The number of nitrogens with one attached hydrogen (secondary N) is 1. The second-order valence-corrected chi connectivity index (χ2v) is 7.61. The van der Waals surface area contributed by atoms with Crippen molar-refractivity contribution in [1.82, 2.24) is 14.8 Å². The molecule has 11 heteroatoms. The highest BCUT2D eigenvalue weighted by Crippen LogP contribution is 2.32. The number of nitriles is 1. The fraction of sp³-hybridized carbons (Fsp3) is 0.0833. The Labute approximate surface area is 209 Å². The molecule has 2 aromatic carbocycles. The molecule has 0 saturated carbocycles. The molecule has 0 radical (unpaired) electrons. The zero-order chi connectivity index (χ0) is 24.5. The largest absolute Gasteiger partial charge is 0.416 e. The highest BCUT2D eigenvalue weighted by molar-refractivity contribution is 6.31. The molecule has 0 bridgehead atoms. The Morgan fingerprint density at radius 3 is 2.63 bits per heavy atom. The van der Waals surface area contributed by atoms with E-state index in [0.717, 1.165) is 16.8 Å². The Morgan fingerprint density at radius 1 is 1.17 bits per heavy atom. The monoisotopic (exact) mass is 517 g/mol. The average molecular weight is 518 g/mol. The molecule has 0 aliphatic carbocycles. The maximum absolute atomic E-state index is 13.1. The lowest BCUT2D eigenvalue weighted by atomic mass is 10.1. The van der Waals surface area contributed by atoms with Crippen LogP contribution < -0.4 is 5.32 Å². The van der Waals surface area contributed by atoms with Crippen molar-refractivity contribution in [1.29, 1.82) is 5.26 Å². The molecule has 2 aromatic heterocycles. The van der Waals surface area contributed by atoms with Gasteiger partial charge in [-0.3, -0.25) is 9.78 Å². The van der Waals surface area contributed by atoms with Gasteiger partial charge in [0.1, 0.15) is 16.8 Å². The summed E-state index contributed by atoms with van der Waals surface area (Å²) in [5.74, 6) is -0.680. The number of amides is 1. The smallest absolute Gasteiger partial charge is 0.321 e. The molecule has 0 unspecified atom stereocenters. The fourth-order valence-corrected chi connectivity index (χ4v) is 3.68. The molecule has 1 amide bonds. The van der Waals surface area contributed by atoms with Gasteiger partial charge >= 0.3 is 6.18 Å². The number of aromatic nitrogens is 3. The maximum atomic E-state index is 13.1. The molecule has 35 heavy (non-hydrogen) atoms. The van der Waals surface area contributed by atoms with Crippen LogP contribution in [0.1, 0.15) is 16.8 Å². The summed E-state index contributed by atoms with van der Waals surface area (Å²) in [5, 5.41) is 17.1. The number of nitrogens with zero attached hydrogens (tertiary/aromatic N) is 4. The van der Waals surface area contributed by atoms with Crippen molar-refractivity contribution in [3.8, 4) is 11.8 Å². The van der Waals surface area contributed by atoms with Crippen molar-refractivity contribution in [3.05, 3.63) is 88.3 Å². The van der Waals surface area contributed by atoms with Gasteiger partial charge in [0.25, 0.3) is 5.91 Å². The van der Waals surface area contributed by atoms with E-state index in [2.05, 4.69) is 15.4 Å². The fourth-order valence-electron chi connectivity index (χ4n) is 3.36. The molecule has 2 heterocycles. The molecule has 0 atom stereocenters. The molecule has 0 spiro atoms. The minimum absolute atomic E-state index is 0. The van der Waals surface area contributed by atoms with E-state index in [4.69, 9.17) is 11.6 Å². The van der Waals surface area contributed by atoms with Crippen molar-refractivity contribution in [2.24, 2.45) is 0 Å². The molecule has 0 saturated heterocycles.